The summed E-state index contributed by atoms with van der Waals surface area (Å²) >= 11 is 3.32. The van der Waals surface area contributed by atoms with Gasteiger partial charge < -0.3 is 9.88 Å². The Bertz CT molecular complexity index is 918. The Hall–Kier alpha value is -2.66. The number of carbonyl (C=O) groups excluding carboxylic acids is 1. The minimum absolute atomic E-state index is 0.122. The Balaban J connectivity index is 1.59. The van der Waals surface area contributed by atoms with E-state index in [1.54, 1.807) is 12.3 Å². The Kier molecular flexibility index (Phi) is 5.46. The van der Waals surface area contributed by atoms with Gasteiger partial charge in [-0.2, -0.15) is 0 Å². The van der Waals surface area contributed by atoms with Crippen LogP contribution in [0.3, 0.4) is 0 Å². The number of rotatable bonds is 5. The molecule has 4 nitrogen and oxygen atoms in total. The number of halogens is 1. The van der Waals surface area contributed by atoms with E-state index in [-0.39, 0.29) is 17.9 Å². The highest BCUT2D eigenvalue weighted by Crippen LogP contribution is 2.21. The summed E-state index contributed by atoms with van der Waals surface area (Å²) in [6, 6.07) is 20.9. The predicted molar refractivity (Wildman–Crippen MR) is 104 cm³/mol. The fourth-order valence-electron chi connectivity index (χ4n) is 2.50. The SMILES string of the molecule is O=C(CCn1cc(Br)ccc1=O)Nc1ccc(-c2ccccc2)cc1. The summed E-state index contributed by atoms with van der Waals surface area (Å²) in [6.07, 6.45) is 1.92. The van der Waals surface area contributed by atoms with E-state index in [2.05, 4.69) is 21.2 Å². The van der Waals surface area contributed by atoms with E-state index in [0.717, 1.165) is 21.3 Å². The molecule has 126 valence electrons. The van der Waals surface area contributed by atoms with E-state index in [4.69, 9.17) is 0 Å². The average Bonchev–Trinajstić information content (AvgIpc) is 2.64. The molecule has 3 aromatic rings. The van der Waals surface area contributed by atoms with Gasteiger partial charge in [-0.15, -0.1) is 0 Å². The monoisotopic (exact) mass is 396 g/mol. The zero-order valence-electron chi connectivity index (χ0n) is 13.5. The van der Waals surface area contributed by atoms with Crippen LogP contribution in [0, 0.1) is 0 Å². The number of hydrogen-bond donors (Lipinski definition) is 1. The molecule has 1 amide bonds. The number of anilines is 1. The molecule has 0 bridgehead atoms. The third kappa shape index (κ3) is 4.67. The van der Waals surface area contributed by atoms with Gasteiger partial charge in [0.1, 0.15) is 0 Å². The lowest BCUT2D eigenvalue weighted by Gasteiger charge is -2.08. The van der Waals surface area contributed by atoms with Crippen molar-refractivity contribution in [1.29, 1.82) is 0 Å². The van der Waals surface area contributed by atoms with E-state index in [1.807, 2.05) is 54.6 Å². The zero-order valence-corrected chi connectivity index (χ0v) is 15.1. The van der Waals surface area contributed by atoms with E-state index in [9.17, 15) is 9.59 Å². The largest absolute Gasteiger partial charge is 0.326 e. The van der Waals surface area contributed by atoms with E-state index in [1.165, 1.54) is 10.6 Å². The molecule has 2 aromatic carbocycles. The summed E-state index contributed by atoms with van der Waals surface area (Å²) in [6.45, 7) is 0.339. The topological polar surface area (TPSA) is 51.1 Å². The summed E-state index contributed by atoms with van der Waals surface area (Å²) in [5.74, 6) is -0.126. The quantitative estimate of drug-likeness (QED) is 0.698. The van der Waals surface area contributed by atoms with Gasteiger partial charge in [0, 0.05) is 35.4 Å². The van der Waals surface area contributed by atoms with Crippen molar-refractivity contribution in [1.82, 2.24) is 4.57 Å². The van der Waals surface area contributed by atoms with Crippen molar-refractivity contribution in [2.45, 2.75) is 13.0 Å². The van der Waals surface area contributed by atoms with Crippen molar-refractivity contribution in [3.8, 4) is 11.1 Å². The lowest BCUT2D eigenvalue weighted by Crippen LogP contribution is -2.22. The number of carbonyl (C=O) groups is 1. The molecule has 0 spiro atoms. The molecule has 0 unspecified atom stereocenters. The number of aromatic nitrogens is 1. The third-order valence-electron chi connectivity index (χ3n) is 3.80. The van der Waals surface area contributed by atoms with Crippen LogP contribution in [0.4, 0.5) is 5.69 Å². The van der Waals surface area contributed by atoms with Gasteiger partial charge in [-0.25, -0.2) is 0 Å². The summed E-state index contributed by atoms with van der Waals surface area (Å²) in [5, 5.41) is 2.86. The molecule has 0 saturated heterocycles. The summed E-state index contributed by atoms with van der Waals surface area (Å²) in [7, 11) is 0. The maximum absolute atomic E-state index is 12.1. The van der Waals surface area contributed by atoms with Crippen LogP contribution in [0.25, 0.3) is 11.1 Å². The normalized spacial score (nSPS) is 10.4. The molecule has 3 rings (SSSR count). The maximum atomic E-state index is 12.1. The van der Waals surface area contributed by atoms with Crippen molar-refractivity contribution in [3.63, 3.8) is 0 Å². The highest BCUT2D eigenvalue weighted by molar-refractivity contribution is 9.10. The Morgan fingerprint density at radius 2 is 1.60 bits per heavy atom. The number of hydrogen-bond acceptors (Lipinski definition) is 2. The molecule has 1 heterocycles. The molecule has 25 heavy (non-hydrogen) atoms. The number of amides is 1. The van der Waals surface area contributed by atoms with Gasteiger partial charge in [-0.1, -0.05) is 42.5 Å². The van der Waals surface area contributed by atoms with E-state index >= 15 is 0 Å². The number of aryl methyl sites for hydroxylation is 1. The Morgan fingerprint density at radius 1 is 0.920 bits per heavy atom. The van der Waals surface area contributed by atoms with Crippen LogP contribution in [0.15, 0.2) is 82.2 Å². The average molecular weight is 397 g/mol. The molecular weight excluding hydrogens is 380 g/mol. The molecule has 1 N–H and O–H groups in total. The lowest BCUT2D eigenvalue weighted by atomic mass is 10.1. The van der Waals surface area contributed by atoms with Crippen molar-refractivity contribution >= 4 is 27.5 Å². The molecule has 0 atom stereocenters. The van der Waals surface area contributed by atoms with Crippen molar-refractivity contribution < 1.29 is 4.79 Å². The van der Waals surface area contributed by atoms with Gasteiger partial charge in [0.05, 0.1) is 0 Å². The minimum Gasteiger partial charge on any atom is -0.326 e. The lowest BCUT2D eigenvalue weighted by molar-refractivity contribution is -0.116. The van der Waals surface area contributed by atoms with E-state index in [0.29, 0.717) is 6.54 Å². The first-order chi connectivity index (χ1) is 12.1. The molecule has 0 saturated carbocycles. The second kappa shape index (κ2) is 7.94. The molecule has 0 fully saturated rings. The van der Waals surface area contributed by atoms with Gasteiger partial charge in [-0.3, -0.25) is 9.59 Å². The molecule has 0 radical (unpaired) electrons. The molecule has 0 aliphatic carbocycles. The Labute approximate surface area is 154 Å². The first-order valence-corrected chi connectivity index (χ1v) is 8.72. The standard InChI is InChI=1S/C20H17BrN2O2/c21-17-8-11-20(25)23(14-17)13-12-19(24)22-18-9-6-16(7-10-18)15-4-2-1-3-5-15/h1-11,14H,12-13H2,(H,22,24). The number of pyridine rings is 1. The molecule has 0 aliphatic heterocycles. The molecule has 1 aromatic heterocycles. The summed E-state index contributed by atoms with van der Waals surface area (Å²) < 4.78 is 2.33. The predicted octanol–water partition coefficient (Wildman–Crippen LogP) is 4.31. The van der Waals surface area contributed by atoms with Crippen LogP contribution in [0.2, 0.25) is 0 Å². The van der Waals surface area contributed by atoms with Crippen LogP contribution in [-0.2, 0) is 11.3 Å². The first kappa shape index (κ1) is 17.2. The van der Waals surface area contributed by atoms with Crippen LogP contribution in [-0.4, -0.2) is 10.5 Å². The minimum atomic E-state index is -0.126. The zero-order chi connectivity index (χ0) is 17.6. The fraction of sp³-hybridized carbons (Fsp3) is 0.100. The maximum Gasteiger partial charge on any atom is 0.250 e. The fourth-order valence-corrected chi connectivity index (χ4v) is 2.88. The number of benzene rings is 2. The first-order valence-electron chi connectivity index (χ1n) is 7.93. The summed E-state index contributed by atoms with van der Waals surface area (Å²) in [5.41, 5.74) is 2.85. The van der Waals surface area contributed by atoms with Crippen LogP contribution >= 0.6 is 15.9 Å². The van der Waals surface area contributed by atoms with E-state index < -0.39 is 0 Å². The smallest absolute Gasteiger partial charge is 0.250 e. The van der Waals surface area contributed by atoms with Gasteiger partial charge >= 0.3 is 0 Å². The van der Waals surface area contributed by atoms with Crippen molar-refractivity contribution in [3.05, 3.63) is 87.8 Å². The highest BCUT2D eigenvalue weighted by atomic mass is 79.9. The van der Waals surface area contributed by atoms with Crippen LogP contribution in [0.5, 0.6) is 0 Å². The number of nitrogens with zero attached hydrogens (tertiary/aromatic N) is 1. The molecule has 0 aliphatic rings. The van der Waals surface area contributed by atoms with Crippen LogP contribution in [0.1, 0.15) is 6.42 Å². The van der Waals surface area contributed by atoms with Crippen LogP contribution < -0.4 is 10.9 Å². The van der Waals surface area contributed by atoms with Crippen molar-refractivity contribution in [2.75, 3.05) is 5.32 Å². The van der Waals surface area contributed by atoms with Gasteiger partial charge in [0.25, 0.3) is 5.56 Å². The van der Waals surface area contributed by atoms with Crippen molar-refractivity contribution in [2.24, 2.45) is 0 Å². The third-order valence-corrected chi connectivity index (χ3v) is 4.27. The Morgan fingerprint density at radius 3 is 2.32 bits per heavy atom. The summed E-state index contributed by atoms with van der Waals surface area (Å²) in [4.78, 5) is 23.8. The second-order valence-electron chi connectivity index (χ2n) is 5.62. The number of nitrogens with one attached hydrogen (secondary N) is 1. The second-order valence-corrected chi connectivity index (χ2v) is 6.54. The van der Waals surface area contributed by atoms with Gasteiger partial charge in [-0.05, 0) is 45.3 Å². The van der Waals surface area contributed by atoms with Gasteiger partial charge in [0.2, 0.25) is 5.91 Å². The highest BCUT2D eigenvalue weighted by Gasteiger charge is 2.05. The van der Waals surface area contributed by atoms with Gasteiger partial charge in [0.15, 0.2) is 0 Å². The molecular formula is C20H17BrN2O2. The molecule has 5 heteroatoms.